The van der Waals surface area contributed by atoms with Crippen LogP contribution < -0.4 is 5.32 Å². The molecule has 1 rings (SSSR count). The Morgan fingerprint density at radius 1 is 1.38 bits per heavy atom. The van der Waals surface area contributed by atoms with Gasteiger partial charge in [-0.3, -0.25) is 0 Å². The first-order valence-electron chi connectivity index (χ1n) is 4.80. The minimum atomic E-state index is 0.926. The van der Waals surface area contributed by atoms with E-state index in [9.17, 15) is 0 Å². The molecule has 1 aromatic carbocycles. The molecule has 0 radical (unpaired) electrons. The summed E-state index contributed by atoms with van der Waals surface area (Å²) >= 11 is 0. The van der Waals surface area contributed by atoms with Crippen LogP contribution in [0.3, 0.4) is 0 Å². The molecule has 0 atom stereocenters. The molecule has 1 N–H and O–H groups in total. The van der Waals surface area contributed by atoms with Gasteiger partial charge < -0.3 is 5.32 Å². The normalized spacial score (nSPS) is 9.69. The zero-order chi connectivity index (χ0) is 9.68. The molecule has 0 heterocycles. The smallest absolute Gasteiger partial charge is 0.0340 e. The molecule has 0 aromatic heterocycles. The predicted molar refractivity (Wildman–Crippen MR) is 58.5 cm³/mol. The maximum Gasteiger partial charge on any atom is 0.0340 e. The van der Waals surface area contributed by atoms with Gasteiger partial charge in [-0.15, -0.1) is 0 Å². The molecule has 0 unspecified atom stereocenters. The standard InChI is InChI=1S/C12H17N/c1-4-11-7-6-8-12(9-11)10(3)13-5-2/h6-9,13H,3-5H2,1-2H3. The number of hydrogen-bond donors (Lipinski definition) is 1. The molecule has 70 valence electrons. The van der Waals surface area contributed by atoms with Gasteiger partial charge in [-0.2, -0.15) is 0 Å². The van der Waals surface area contributed by atoms with Gasteiger partial charge in [-0.1, -0.05) is 31.7 Å². The number of benzene rings is 1. The van der Waals surface area contributed by atoms with Gasteiger partial charge in [-0.25, -0.2) is 0 Å². The van der Waals surface area contributed by atoms with Crippen LogP contribution in [-0.2, 0) is 6.42 Å². The second-order valence-electron chi connectivity index (χ2n) is 3.06. The van der Waals surface area contributed by atoms with Crippen molar-refractivity contribution in [3.63, 3.8) is 0 Å². The lowest BCUT2D eigenvalue weighted by Crippen LogP contribution is -2.09. The van der Waals surface area contributed by atoms with Crippen LogP contribution in [0.1, 0.15) is 25.0 Å². The molecule has 1 nitrogen and oxygen atoms in total. The van der Waals surface area contributed by atoms with E-state index in [1.54, 1.807) is 0 Å². The second kappa shape index (κ2) is 4.70. The van der Waals surface area contributed by atoms with E-state index in [0.717, 1.165) is 18.7 Å². The summed E-state index contributed by atoms with van der Waals surface area (Å²) in [5.74, 6) is 0. The van der Waals surface area contributed by atoms with Crippen molar-refractivity contribution in [3.8, 4) is 0 Å². The van der Waals surface area contributed by atoms with E-state index >= 15 is 0 Å². The van der Waals surface area contributed by atoms with Gasteiger partial charge in [0.15, 0.2) is 0 Å². The summed E-state index contributed by atoms with van der Waals surface area (Å²) in [6, 6.07) is 8.49. The van der Waals surface area contributed by atoms with E-state index in [4.69, 9.17) is 0 Å². The fourth-order valence-electron chi connectivity index (χ4n) is 1.29. The Morgan fingerprint density at radius 2 is 2.15 bits per heavy atom. The summed E-state index contributed by atoms with van der Waals surface area (Å²) in [4.78, 5) is 0. The number of aryl methyl sites for hydroxylation is 1. The predicted octanol–water partition coefficient (Wildman–Crippen LogP) is 2.83. The van der Waals surface area contributed by atoms with Gasteiger partial charge in [0.1, 0.15) is 0 Å². The van der Waals surface area contributed by atoms with Gasteiger partial charge in [0, 0.05) is 12.2 Å². The van der Waals surface area contributed by atoms with Crippen LogP contribution in [0.15, 0.2) is 30.8 Å². The van der Waals surface area contributed by atoms with Gasteiger partial charge in [0.2, 0.25) is 0 Å². The minimum absolute atomic E-state index is 0.926. The molecule has 13 heavy (non-hydrogen) atoms. The zero-order valence-electron chi connectivity index (χ0n) is 8.43. The molecule has 0 spiro atoms. The SMILES string of the molecule is C=C(NCC)c1cccc(CC)c1. The van der Waals surface area contributed by atoms with Crippen molar-refractivity contribution in [2.75, 3.05) is 6.54 Å². The van der Waals surface area contributed by atoms with Gasteiger partial charge in [0.05, 0.1) is 0 Å². The van der Waals surface area contributed by atoms with Crippen molar-refractivity contribution in [1.82, 2.24) is 5.32 Å². The van der Waals surface area contributed by atoms with Gasteiger partial charge in [0.25, 0.3) is 0 Å². The maximum absolute atomic E-state index is 3.98. The van der Waals surface area contributed by atoms with Gasteiger partial charge >= 0.3 is 0 Å². The van der Waals surface area contributed by atoms with Crippen LogP contribution in [0.25, 0.3) is 5.70 Å². The Balaban J connectivity index is 2.82. The van der Waals surface area contributed by atoms with E-state index in [1.807, 2.05) is 0 Å². The molecule has 0 saturated heterocycles. The highest BCUT2D eigenvalue weighted by Gasteiger charge is 1.97. The van der Waals surface area contributed by atoms with E-state index in [-0.39, 0.29) is 0 Å². The first kappa shape index (κ1) is 9.85. The lowest BCUT2D eigenvalue weighted by atomic mass is 10.1. The summed E-state index contributed by atoms with van der Waals surface area (Å²) in [6.45, 7) is 9.14. The van der Waals surface area contributed by atoms with E-state index < -0.39 is 0 Å². The summed E-state index contributed by atoms with van der Waals surface area (Å²) in [6.07, 6.45) is 1.08. The van der Waals surface area contributed by atoms with E-state index in [2.05, 4.69) is 50.0 Å². The average Bonchev–Trinajstić information content (AvgIpc) is 2.18. The van der Waals surface area contributed by atoms with Crippen molar-refractivity contribution in [2.24, 2.45) is 0 Å². The molecule has 0 bridgehead atoms. The first-order valence-corrected chi connectivity index (χ1v) is 4.80. The van der Waals surface area contributed by atoms with Crippen molar-refractivity contribution in [1.29, 1.82) is 0 Å². The van der Waals surface area contributed by atoms with Crippen LogP contribution in [0.4, 0.5) is 0 Å². The molecule has 1 heteroatoms. The number of hydrogen-bond acceptors (Lipinski definition) is 1. The molecule has 0 saturated carbocycles. The van der Waals surface area contributed by atoms with Crippen molar-refractivity contribution >= 4 is 5.70 Å². The molecule has 0 aliphatic carbocycles. The lowest BCUT2D eigenvalue weighted by molar-refractivity contribution is 0.941. The summed E-state index contributed by atoms with van der Waals surface area (Å²) in [5, 5.41) is 3.22. The third kappa shape index (κ3) is 2.62. The monoisotopic (exact) mass is 175 g/mol. The lowest BCUT2D eigenvalue weighted by Gasteiger charge is -2.08. The van der Waals surface area contributed by atoms with Gasteiger partial charge in [-0.05, 0) is 30.5 Å². The summed E-state index contributed by atoms with van der Waals surface area (Å²) in [5.41, 5.74) is 3.57. The van der Waals surface area contributed by atoms with Crippen molar-refractivity contribution in [3.05, 3.63) is 42.0 Å². The third-order valence-electron chi connectivity index (χ3n) is 2.07. The minimum Gasteiger partial charge on any atom is -0.385 e. The topological polar surface area (TPSA) is 12.0 Å². The Morgan fingerprint density at radius 3 is 2.77 bits per heavy atom. The van der Waals surface area contributed by atoms with E-state index in [1.165, 1.54) is 11.1 Å². The van der Waals surface area contributed by atoms with Crippen LogP contribution in [0.2, 0.25) is 0 Å². The molecule has 1 aromatic rings. The highest BCUT2D eigenvalue weighted by molar-refractivity contribution is 5.62. The fourth-order valence-corrected chi connectivity index (χ4v) is 1.29. The van der Waals surface area contributed by atoms with Crippen LogP contribution in [0, 0.1) is 0 Å². The number of nitrogens with one attached hydrogen (secondary N) is 1. The molecule has 0 aliphatic heterocycles. The largest absolute Gasteiger partial charge is 0.385 e. The average molecular weight is 175 g/mol. The molecule has 0 fully saturated rings. The Kier molecular flexibility index (Phi) is 3.56. The molecular formula is C12H17N. The van der Waals surface area contributed by atoms with Crippen LogP contribution in [0.5, 0.6) is 0 Å². The highest BCUT2D eigenvalue weighted by Crippen LogP contribution is 2.11. The highest BCUT2D eigenvalue weighted by atomic mass is 14.9. The van der Waals surface area contributed by atoms with E-state index in [0.29, 0.717) is 0 Å². The maximum atomic E-state index is 3.98. The molecule has 0 aliphatic rings. The molecule has 0 amide bonds. The van der Waals surface area contributed by atoms with Crippen molar-refractivity contribution in [2.45, 2.75) is 20.3 Å². The zero-order valence-corrected chi connectivity index (χ0v) is 8.43. The summed E-state index contributed by atoms with van der Waals surface area (Å²) in [7, 11) is 0. The Labute approximate surface area is 80.5 Å². The Bertz CT molecular complexity index is 289. The summed E-state index contributed by atoms with van der Waals surface area (Å²) < 4.78 is 0. The fraction of sp³-hybridized carbons (Fsp3) is 0.333. The Hall–Kier alpha value is -1.24. The van der Waals surface area contributed by atoms with Crippen LogP contribution in [-0.4, -0.2) is 6.54 Å². The van der Waals surface area contributed by atoms with Crippen molar-refractivity contribution < 1.29 is 0 Å². The van der Waals surface area contributed by atoms with Crippen LogP contribution >= 0.6 is 0 Å². The second-order valence-corrected chi connectivity index (χ2v) is 3.06. The quantitative estimate of drug-likeness (QED) is 0.742. The first-order chi connectivity index (χ1) is 6.27. The molecular weight excluding hydrogens is 158 g/mol. The number of rotatable bonds is 4. The third-order valence-corrected chi connectivity index (χ3v) is 2.07.